The molecule has 0 bridgehead atoms. The summed E-state index contributed by atoms with van der Waals surface area (Å²) in [7, 11) is 1.53. The van der Waals surface area contributed by atoms with E-state index >= 15 is 0 Å². The Morgan fingerprint density at radius 1 is 1.29 bits per heavy atom. The van der Waals surface area contributed by atoms with Crippen molar-refractivity contribution in [3.8, 4) is 16.9 Å². The van der Waals surface area contributed by atoms with Crippen molar-refractivity contribution in [2.24, 2.45) is 7.05 Å². The Morgan fingerprint density at radius 3 is 2.71 bits per heavy atom. The lowest BCUT2D eigenvalue weighted by Crippen LogP contribution is -2.33. The molecule has 1 atom stereocenters. The second kappa shape index (κ2) is 8.01. The van der Waals surface area contributed by atoms with Gasteiger partial charge in [0, 0.05) is 31.3 Å². The van der Waals surface area contributed by atoms with E-state index in [4.69, 9.17) is 4.74 Å². The number of halogens is 1. The molecule has 160 valence electrons. The Hall–Kier alpha value is -4.02. The van der Waals surface area contributed by atoms with E-state index in [1.165, 1.54) is 46.7 Å². The maximum absolute atomic E-state index is 14.8. The molecule has 1 aromatic carbocycles. The Labute approximate surface area is 175 Å². The van der Waals surface area contributed by atoms with Crippen molar-refractivity contribution in [2.45, 2.75) is 13.0 Å². The fourth-order valence-electron chi connectivity index (χ4n) is 3.23. The molecule has 1 N–H and O–H groups in total. The Kier molecular flexibility index (Phi) is 5.24. The molecule has 1 fully saturated rings. The predicted molar refractivity (Wildman–Crippen MR) is 108 cm³/mol. The molecule has 1 aliphatic rings. The average molecular weight is 426 g/mol. The number of rotatable bonds is 5. The van der Waals surface area contributed by atoms with Gasteiger partial charge in [0.05, 0.1) is 18.8 Å². The lowest BCUT2D eigenvalue weighted by atomic mass is 10.1. The minimum absolute atomic E-state index is 0.191. The number of ether oxygens (including phenoxy) is 1. The molecule has 0 aliphatic carbocycles. The number of aryl methyl sites for hydroxylation is 1. The van der Waals surface area contributed by atoms with Crippen molar-refractivity contribution in [3.63, 3.8) is 0 Å². The molecule has 2 aromatic heterocycles. The van der Waals surface area contributed by atoms with Gasteiger partial charge in [0.1, 0.15) is 24.1 Å². The highest BCUT2D eigenvalue weighted by Crippen LogP contribution is 2.29. The molecule has 31 heavy (non-hydrogen) atoms. The smallest absolute Gasteiger partial charge is 0.414 e. The summed E-state index contributed by atoms with van der Waals surface area (Å²) >= 11 is 0. The van der Waals surface area contributed by atoms with Gasteiger partial charge in [0.2, 0.25) is 5.91 Å². The van der Waals surface area contributed by atoms with Crippen LogP contribution in [0.15, 0.2) is 47.7 Å². The number of nitrogens with one attached hydrogen (secondary N) is 1. The van der Waals surface area contributed by atoms with Crippen LogP contribution in [-0.2, 0) is 16.6 Å². The van der Waals surface area contributed by atoms with Crippen molar-refractivity contribution < 1.29 is 18.7 Å². The molecular formula is C20H19FN6O4. The van der Waals surface area contributed by atoms with Crippen molar-refractivity contribution >= 4 is 17.7 Å². The molecule has 0 radical (unpaired) electrons. The van der Waals surface area contributed by atoms with Gasteiger partial charge in [-0.25, -0.2) is 28.2 Å². The number of hydrogen-bond donors (Lipinski definition) is 1. The van der Waals surface area contributed by atoms with Gasteiger partial charge in [-0.3, -0.25) is 9.69 Å². The van der Waals surface area contributed by atoms with Crippen LogP contribution < -0.4 is 15.9 Å². The van der Waals surface area contributed by atoms with Crippen LogP contribution in [0, 0.1) is 5.82 Å². The summed E-state index contributed by atoms with van der Waals surface area (Å²) in [6.45, 7) is 1.77. The summed E-state index contributed by atoms with van der Waals surface area (Å²) in [4.78, 5) is 40.7. The predicted octanol–water partition coefficient (Wildman–Crippen LogP) is 1.23. The molecule has 1 aliphatic heterocycles. The van der Waals surface area contributed by atoms with Crippen molar-refractivity contribution in [1.29, 1.82) is 0 Å². The summed E-state index contributed by atoms with van der Waals surface area (Å²) in [5.41, 5.74) is 0.814. The zero-order valence-electron chi connectivity index (χ0n) is 16.8. The van der Waals surface area contributed by atoms with Gasteiger partial charge in [-0.2, -0.15) is 5.10 Å². The van der Waals surface area contributed by atoms with E-state index in [0.717, 1.165) is 0 Å². The van der Waals surface area contributed by atoms with Crippen LogP contribution in [0.1, 0.15) is 6.92 Å². The minimum atomic E-state index is -0.601. The lowest BCUT2D eigenvalue weighted by Gasteiger charge is -2.14. The van der Waals surface area contributed by atoms with Crippen molar-refractivity contribution in [3.05, 3.63) is 59.2 Å². The number of nitrogens with zero attached hydrogens (tertiary/aromatic N) is 5. The largest absolute Gasteiger partial charge is 0.442 e. The second-order valence-corrected chi connectivity index (χ2v) is 7.03. The standard InChI is InChI=1S/C20H19FN6O4/c1-12(28)22-9-15-10-26(20(30)31-15)14-4-5-16(17(21)7-14)13-3-6-18(23-8-13)27-11-24-25(2)19(27)29/h3-8,11,15H,9-10H2,1-2H3,(H,22,28)/t15-/m0/s1. The highest BCUT2D eigenvalue weighted by atomic mass is 19.1. The van der Waals surface area contributed by atoms with Crippen LogP contribution in [0.4, 0.5) is 14.9 Å². The van der Waals surface area contributed by atoms with Gasteiger partial charge < -0.3 is 10.1 Å². The molecule has 11 heteroatoms. The number of amides is 2. The molecular weight excluding hydrogens is 407 g/mol. The quantitative estimate of drug-likeness (QED) is 0.657. The molecule has 0 saturated carbocycles. The van der Waals surface area contributed by atoms with Gasteiger partial charge in [-0.05, 0) is 30.3 Å². The van der Waals surface area contributed by atoms with Gasteiger partial charge in [-0.15, -0.1) is 0 Å². The van der Waals surface area contributed by atoms with Gasteiger partial charge in [-0.1, -0.05) is 0 Å². The lowest BCUT2D eigenvalue weighted by molar-refractivity contribution is -0.119. The maximum atomic E-state index is 14.8. The van der Waals surface area contributed by atoms with Crippen LogP contribution in [0.25, 0.3) is 16.9 Å². The van der Waals surface area contributed by atoms with Gasteiger partial charge in [0.15, 0.2) is 0 Å². The van der Waals surface area contributed by atoms with Crippen LogP contribution in [0.3, 0.4) is 0 Å². The average Bonchev–Trinajstić information content (AvgIpc) is 3.28. The third kappa shape index (κ3) is 4.02. The number of cyclic esters (lactones) is 1. The first kappa shape index (κ1) is 20.3. The second-order valence-electron chi connectivity index (χ2n) is 7.03. The summed E-state index contributed by atoms with van der Waals surface area (Å²) in [5.74, 6) is -0.398. The number of benzene rings is 1. The molecule has 0 spiro atoms. The zero-order valence-corrected chi connectivity index (χ0v) is 16.8. The fraction of sp³-hybridized carbons (Fsp3) is 0.250. The SMILES string of the molecule is CC(=O)NC[C@H]1CN(c2ccc(-c3ccc(-n4cnn(C)c4=O)nc3)c(F)c2)C(=O)O1. The Balaban J connectivity index is 1.53. The molecule has 1 saturated heterocycles. The first-order chi connectivity index (χ1) is 14.8. The number of carbonyl (C=O) groups excluding carboxylic acids is 2. The molecule has 3 heterocycles. The highest BCUT2D eigenvalue weighted by molar-refractivity contribution is 5.90. The zero-order chi connectivity index (χ0) is 22.1. The summed E-state index contributed by atoms with van der Waals surface area (Å²) in [6.07, 6.45) is 1.70. The van der Waals surface area contributed by atoms with Crippen molar-refractivity contribution in [1.82, 2.24) is 24.6 Å². The monoisotopic (exact) mass is 426 g/mol. The normalized spacial score (nSPS) is 15.8. The first-order valence-corrected chi connectivity index (χ1v) is 9.43. The first-order valence-electron chi connectivity index (χ1n) is 9.43. The van der Waals surface area contributed by atoms with E-state index < -0.39 is 18.0 Å². The van der Waals surface area contributed by atoms with Crippen LogP contribution in [-0.4, -0.2) is 50.5 Å². The van der Waals surface area contributed by atoms with E-state index in [2.05, 4.69) is 15.4 Å². The van der Waals surface area contributed by atoms with Crippen LogP contribution in [0.2, 0.25) is 0 Å². The molecule has 0 unspecified atom stereocenters. The minimum Gasteiger partial charge on any atom is -0.442 e. The maximum Gasteiger partial charge on any atom is 0.414 e. The van der Waals surface area contributed by atoms with Crippen LogP contribution >= 0.6 is 0 Å². The fourth-order valence-corrected chi connectivity index (χ4v) is 3.23. The summed E-state index contributed by atoms with van der Waals surface area (Å²) in [5, 5.41) is 6.46. The van der Waals surface area contributed by atoms with E-state index in [0.29, 0.717) is 22.6 Å². The van der Waals surface area contributed by atoms with Crippen LogP contribution in [0.5, 0.6) is 0 Å². The van der Waals surface area contributed by atoms with E-state index in [1.807, 2.05) is 0 Å². The topological polar surface area (TPSA) is 111 Å². The van der Waals surface area contributed by atoms with Crippen molar-refractivity contribution in [2.75, 3.05) is 18.0 Å². The molecule has 4 rings (SSSR count). The number of pyridine rings is 1. The number of carbonyl (C=O) groups is 2. The third-order valence-corrected chi connectivity index (χ3v) is 4.85. The van der Waals surface area contributed by atoms with E-state index in [-0.39, 0.29) is 24.7 Å². The highest BCUT2D eigenvalue weighted by Gasteiger charge is 2.32. The Bertz CT molecular complexity index is 1200. The van der Waals surface area contributed by atoms with Gasteiger partial charge >= 0.3 is 11.8 Å². The van der Waals surface area contributed by atoms with E-state index in [9.17, 15) is 18.8 Å². The van der Waals surface area contributed by atoms with Gasteiger partial charge in [0.25, 0.3) is 0 Å². The number of hydrogen-bond acceptors (Lipinski definition) is 6. The summed E-state index contributed by atoms with van der Waals surface area (Å²) < 4.78 is 22.5. The number of aromatic nitrogens is 4. The Morgan fingerprint density at radius 2 is 2.10 bits per heavy atom. The van der Waals surface area contributed by atoms with E-state index in [1.54, 1.807) is 24.3 Å². The molecule has 3 aromatic rings. The molecule has 2 amide bonds. The summed E-state index contributed by atoms with van der Waals surface area (Å²) in [6, 6.07) is 7.65. The number of anilines is 1. The third-order valence-electron chi connectivity index (χ3n) is 4.85. The molecule has 10 nitrogen and oxygen atoms in total.